The Balaban J connectivity index is 1.23. The van der Waals surface area contributed by atoms with Crippen LogP contribution in [0, 0.1) is 13.8 Å². The Bertz CT molecular complexity index is 2170. The van der Waals surface area contributed by atoms with Crippen LogP contribution < -0.4 is 0 Å². The third kappa shape index (κ3) is 11.9. The molecule has 0 spiro atoms. The van der Waals surface area contributed by atoms with E-state index in [1.807, 2.05) is 111 Å². The number of ether oxygens (including phenoxy) is 2. The standard InChI is InChI=1S/C47H52Cl2N4O5/c1-5-7-17-45-50-27-39(52(45)29-37-13-9-11-15-43(37)48)23-35(25-41-21-19-33(3)57-41)31-55-47(54)56-32-36(26-42-22-20-34(4)58-42)24-40-28-51-46(18-8-6-2)53(40)30-38-14-10-12-16-44(38)49/h9-16,19-24,27-28H,5-8,17-18,25-26,29-32H2,1-4H3/b35-23+,36-24+. The van der Waals surface area contributed by atoms with Crippen molar-refractivity contribution in [1.82, 2.24) is 19.1 Å². The number of unbranched alkanes of at least 4 members (excludes halogenated alkanes) is 2. The van der Waals surface area contributed by atoms with Crippen LogP contribution in [0.15, 0.2) is 105 Å². The van der Waals surface area contributed by atoms with Gasteiger partial charge < -0.3 is 27.4 Å². The molecule has 0 atom stereocenters. The summed E-state index contributed by atoms with van der Waals surface area (Å²) >= 11 is 13.2. The lowest BCUT2D eigenvalue weighted by Crippen LogP contribution is -2.14. The van der Waals surface area contributed by atoms with Gasteiger partial charge in [0.15, 0.2) is 0 Å². The molecule has 0 bridgehead atoms. The summed E-state index contributed by atoms with van der Waals surface area (Å²) in [7, 11) is 0. The van der Waals surface area contributed by atoms with Crippen molar-refractivity contribution in [2.24, 2.45) is 0 Å². The summed E-state index contributed by atoms with van der Waals surface area (Å²) in [6.07, 6.45) is 13.6. The Kier molecular flexibility index (Phi) is 15.3. The van der Waals surface area contributed by atoms with Gasteiger partial charge in [-0.05, 0) is 97.5 Å². The van der Waals surface area contributed by atoms with Crippen LogP contribution in [0.25, 0.3) is 12.2 Å². The first-order chi connectivity index (χ1) is 28.2. The smallest absolute Gasteiger partial charge is 0.466 e. The Morgan fingerprint density at radius 3 is 1.47 bits per heavy atom. The molecule has 0 saturated carbocycles. The molecule has 0 aliphatic carbocycles. The minimum atomic E-state index is -0.788. The summed E-state index contributed by atoms with van der Waals surface area (Å²) in [5.41, 5.74) is 5.39. The highest BCUT2D eigenvalue weighted by atomic mass is 35.5. The topological polar surface area (TPSA) is 97.5 Å². The third-order valence-electron chi connectivity index (χ3n) is 9.87. The van der Waals surface area contributed by atoms with Gasteiger partial charge in [0.25, 0.3) is 0 Å². The van der Waals surface area contributed by atoms with Crippen LogP contribution >= 0.6 is 23.2 Å². The van der Waals surface area contributed by atoms with Crippen molar-refractivity contribution < 1.29 is 23.1 Å². The van der Waals surface area contributed by atoms with Crippen LogP contribution in [0.2, 0.25) is 10.0 Å². The highest BCUT2D eigenvalue weighted by Gasteiger charge is 2.17. The summed E-state index contributed by atoms with van der Waals surface area (Å²) < 4.78 is 27.9. The van der Waals surface area contributed by atoms with Crippen LogP contribution in [-0.4, -0.2) is 38.5 Å². The molecule has 0 amide bonds. The van der Waals surface area contributed by atoms with E-state index < -0.39 is 6.16 Å². The maximum absolute atomic E-state index is 13.4. The zero-order chi connectivity index (χ0) is 40.9. The first-order valence-electron chi connectivity index (χ1n) is 20.0. The highest BCUT2D eigenvalue weighted by molar-refractivity contribution is 6.31. The normalized spacial score (nSPS) is 12.0. The maximum Gasteiger partial charge on any atom is 0.508 e. The molecule has 6 rings (SSSR count). The van der Waals surface area contributed by atoms with E-state index in [4.69, 9.17) is 51.5 Å². The fourth-order valence-electron chi connectivity index (χ4n) is 6.77. The molecule has 58 heavy (non-hydrogen) atoms. The molecule has 4 heterocycles. The van der Waals surface area contributed by atoms with E-state index in [2.05, 4.69) is 23.0 Å². The molecule has 2 aromatic carbocycles. The number of aromatic nitrogens is 4. The number of furan rings is 2. The SMILES string of the molecule is CCCCc1ncc(/C=C(/COC(=O)OC/C(=C/c2cnc(CCCC)n2Cc2ccccc2Cl)Cc2ccc(C)o2)Cc2ccc(C)o2)n1Cc1ccccc1Cl. The second-order valence-corrected chi connectivity index (χ2v) is 15.4. The van der Waals surface area contributed by atoms with Crippen molar-refractivity contribution in [3.63, 3.8) is 0 Å². The Labute approximate surface area is 351 Å². The minimum absolute atomic E-state index is 0.0119. The van der Waals surface area contributed by atoms with Gasteiger partial charge in [0.05, 0.1) is 36.9 Å². The molecule has 0 N–H and O–H groups in total. The molecule has 0 aliphatic heterocycles. The Hall–Kier alpha value is -5.25. The number of carbonyl (C=O) groups is 1. The molecule has 304 valence electrons. The summed E-state index contributed by atoms with van der Waals surface area (Å²) in [5.74, 6) is 5.07. The molecule has 0 unspecified atom stereocenters. The van der Waals surface area contributed by atoms with E-state index in [1.54, 1.807) is 0 Å². The molecule has 11 heteroatoms. The number of hydrogen-bond acceptors (Lipinski definition) is 7. The van der Waals surface area contributed by atoms with E-state index in [-0.39, 0.29) is 13.2 Å². The molecule has 0 saturated heterocycles. The van der Waals surface area contributed by atoms with Crippen LogP contribution in [0.4, 0.5) is 4.79 Å². The molecule has 6 aromatic rings. The maximum atomic E-state index is 13.4. The van der Waals surface area contributed by atoms with Gasteiger partial charge in [0, 0.05) is 35.7 Å². The second kappa shape index (κ2) is 21.0. The van der Waals surface area contributed by atoms with E-state index >= 15 is 0 Å². The molecular weight excluding hydrogens is 771 g/mol. The number of aryl methyl sites for hydroxylation is 4. The van der Waals surface area contributed by atoms with E-state index in [0.29, 0.717) is 36.0 Å². The number of halogens is 2. The number of carbonyl (C=O) groups excluding carboxylic acids is 1. The number of imidazole rings is 2. The monoisotopic (exact) mass is 822 g/mol. The summed E-state index contributed by atoms with van der Waals surface area (Å²) in [6, 6.07) is 23.4. The highest BCUT2D eigenvalue weighted by Crippen LogP contribution is 2.24. The Morgan fingerprint density at radius 2 is 1.09 bits per heavy atom. The number of hydrogen-bond donors (Lipinski definition) is 0. The summed E-state index contributed by atoms with van der Waals surface area (Å²) in [4.78, 5) is 23.0. The number of benzene rings is 2. The predicted octanol–water partition coefficient (Wildman–Crippen LogP) is 12.1. The number of rotatable bonds is 20. The van der Waals surface area contributed by atoms with E-state index in [0.717, 1.165) is 107 Å². The molecule has 0 fully saturated rings. The molecule has 4 aromatic heterocycles. The lowest BCUT2D eigenvalue weighted by atomic mass is 10.1. The van der Waals surface area contributed by atoms with E-state index in [1.165, 1.54) is 0 Å². The van der Waals surface area contributed by atoms with Gasteiger partial charge in [0.1, 0.15) is 47.9 Å². The van der Waals surface area contributed by atoms with Crippen molar-refractivity contribution in [3.8, 4) is 0 Å². The third-order valence-corrected chi connectivity index (χ3v) is 10.6. The van der Waals surface area contributed by atoms with Crippen molar-refractivity contribution in [2.45, 2.75) is 92.2 Å². The lowest BCUT2D eigenvalue weighted by Gasteiger charge is -2.14. The van der Waals surface area contributed by atoms with Crippen LogP contribution in [0.1, 0.15) is 96.7 Å². The van der Waals surface area contributed by atoms with Gasteiger partial charge in [-0.3, -0.25) is 0 Å². The first-order valence-corrected chi connectivity index (χ1v) is 20.8. The van der Waals surface area contributed by atoms with Crippen LogP contribution in [0.5, 0.6) is 0 Å². The van der Waals surface area contributed by atoms with Gasteiger partial charge in [-0.25, -0.2) is 14.8 Å². The minimum Gasteiger partial charge on any atom is -0.466 e. The van der Waals surface area contributed by atoms with Crippen LogP contribution in [-0.2, 0) is 48.2 Å². The summed E-state index contributed by atoms with van der Waals surface area (Å²) in [5, 5.41) is 1.39. The zero-order valence-corrected chi connectivity index (χ0v) is 35.3. The fourth-order valence-corrected chi connectivity index (χ4v) is 7.17. The molecule has 0 aliphatic rings. The van der Waals surface area contributed by atoms with Crippen molar-refractivity contribution in [3.05, 3.63) is 164 Å². The average molecular weight is 824 g/mol. The van der Waals surface area contributed by atoms with Gasteiger partial charge in [-0.15, -0.1) is 0 Å². The zero-order valence-electron chi connectivity index (χ0n) is 33.8. The largest absolute Gasteiger partial charge is 0.508 e. The lowest BCUT2D eigenvalue weighted by molar-refractivity contribution is 0.0675. The van der Waals surface area contributed by atoms with Gasteiger partial charge >= 0.3 is 6.16 Å². The molecular formula is C47H52Cl2N4O5. The van der Waals surface area contributed by atoms with Crippen molar-refractivity contribution in [1.29, 1.82) is 0 Å². The summed E-state index contributed by atoms with van der Waals surface area (Å²) in [6.45, 7) is 9.24. The number of nitrogens with zero attached hydrogens (tertiary/aromatic N) is 4. The Morgan fingerprint density at radius 1 is 0.655 bits per heavy atom. The van der Waals surface area contributed by atoms with Crippen molar-refractivity contribution >= 4 is 41.5 Å². The quantitative estimate of drug-likeness (QED) is 0.0707. The van der Waals surface area contributed by atoms with Gasteiger partial charge in [-0.2, -0.15) is 0 Å². The second-order valence-electron chi connectivity index (χ2n) is 14.6. The van der Waals surface area contributed by atoms with Gasteiger partial charge in [-0.1, -0.05) is 86.3 Å². The van der Waals surface area contributed by atoms with Gasteiger partial charge in [0.2, 0.25) is 0 Å². The van der Waals surface area contributed by atoms with Crippen molar-refractivity contribution in [2.75, 3.05) is 13.2 Å². The van der Waals surface area contributed by atoms with Crippen LogP contribution in [0.3, 0.4) is 0 Å². The fraction of sp³-hybridized carbons (Fsp3) is 0.340. The molecule has 0 radical (unpaired) electrons. The average Bonchev–Trinajstić information content (AvgIpc) is 4.01. The predicted molar refractivity (Wildman–Crippen MR) is 230 cm³/mol. The van der Waals surface area contributed by atoms with E-state index in [9.17, 15) is 4.79 Å². The molecule has 9 nitrogen and oxygen atoms in total. The first kappa shape index (κ1) is 42.4.